The van der Waals surface area contributed by atoms with Crippen molar-refractivity contribution in [3.05, 3.63) is 46.8 Å². The van der Waals surface area contributed by atoms with E-state index in [0.717, 1.165) is 41.0 Å². The number of aryl methyl sites for hydroxylation is 3. The van der Waals surface area contributed by atoms with Gasteiger partial charge in [0.25, 0.3) is 5.91 Å². The van der Waals surface area contributed by atoms with E-state index in [2.05, 4.69) is 5.10 Å². The van der Waals surface area contributed by atoms with Gasteiger partial charge in [0, 0.05) is 30.0 Å². The highest BCUT2D eigenvalue weighted by Crippen LogP contribution is 2.30. The van der Waals surface area contributed by atoms with Crippen LogP contribution in [-0.4, -0.2) is 34.3 Å². The summed E-state index contributed by atoms with van der Waals surface area (Å²) in [5.41, 5.74) is 4.69. The maximum atomic E-state index is 12.7. The molecule has 138 valence electrons. The zero-order valence-electron chi connectivity index (χ0n) is 15.8. The van der Waals surface area contributed by atoms with Crippen molar-refractivity contribution in [2.75, 3.05) is 11.5 Å². The second kappa shape index (κ2) is 7.32. The van der Waals surface area contributed by atoms with Crippen molar-refractivity contribution in [2.24, 2.45) is 7.05 Å². The second-order valence-corrected chi connectivity index (χ2v) is 6.89. The highest BCUT2D eigenvalue weighted by molar-refractivity contribution is 5.97. The molecule has 0 unspecified atom stereocenters. The first-order chi connectivity index (χ1) is 12.4. The Morgan fingerprint density at radius 1 is 1.27 bits per heavy atom. The Bertz CT molecular complexity index is 841. The van der Waals surface area contributed by atoms with Crippen LogP contribution in [0.3, 0.4) is 0 Å². The van der Waals surface area contributed by atoms with Gasteiger partial charge in [-0.25, -0.2) is 0 Å². The number of anilines is 1. The molecule has 1 atom stereocenters. The quantitative estimate of drug-likeness (QED) is 0.791. The van der Waals surface area contributed by atoms with Gasteiger partial charge in [-0.3, -0.25) is 14.3 Å². The first-order valence-corrected chi connectivity index (χ1v) is 8.93. The summed E-state index contributed by atoms with van der Waals surface area (Å²) in [7, 11) is 1.84. The van der Waals surface area contributed by atoms with Crippen molar-refractivity contribution in [3.8, 4) is 0 Å². The van der Waals surface area contributed by atoms with E-state index in [0.29, 0.717) is 0 Å². The summed E-state index contributed by atoms with van der Waals surface area (Å²) in [6, 6.07) is 8.00. The number of ether oxygens (including phenoxy) is 1. The predicted molar refractivity (Wildman–Crippen MR) is 99.1 cm³/mol. The Labute approximate surface area is 153 Å². The molecule has 0 saturated heterocycles. The Morgan fingerprint density at radius 2 is 2.00 bits per heavy atom. The topological polar surface area (TPSA) is 64.4 Å². The molecule has 1 aromatic heterocycles. The van der Waals surface area contributed by atoms with E-state index in [4.69, 9.17) is 4.74 Å². The van der Waals surface area contributed by atoms with E-state index in [1.807, 2.05) is 52.1 Å². The lowest BCUT2D eigenvalue weighted by molar-refractivity contribution is -0.147. The molecule has 0 fully saturated rings. The van der Waals surface area contributed by atoms with Crippen molar-refractivity contribution in [3.63, 3.8) is 0 Å². The van der Waals surface area contributed by atoms with Crippen LogP contribution >= 0.6 is 0 Å². The smallest absolute Gasteiger partial charge is 0.310 e. The van der Waals surface area contributed by atoms with Crippen molar-refractivity contribution < 1.29 is 14.3 Å². The molecule has 0 radical (unpaired) electrons. The van der Waals surface area contributed by atoms with E-state index >= 15 is 0 Å². The number of amides is 1. The molecular weight excluding hydrogens is 330 g/mol. The molecule has 1 amide bonds. The molecule has 0 aliphatic carbocycles. The molecule has 1 aliphatic heterocycles. The molecule has 3 rings (SSSR count). The molecule has 1 aromatic carbocycles. The Kier molecular flexibility index (Phi) is 5.11. The van der Waals surface area contributed by atoms with Crippen LogP contribution in [-0.2, 0) is 34.2 Å². The number of esters is 1. The fourth-order valence-electron chi connectivity index (χ4n) is 3.55. The van der Waals surface area contributed by atoms with Crippen LogP contribution in [0.25, 0.3) is 0 Å². The fraction of sp³-hybridized carbons (Fsp3) is 0.450. The normalized spacial score (nSPS) is 16.3. The minimum Gasteiger partial charge on any atom is -0.455 e. The van der Waals surface area contributed by atoms with Gasteiger partial charge >= 0.3 is 5.97 Å². The summed E-state index contributed by atoms with van der Waals surface area (Å²) >= 11 is 0. The summed E-state index contributed by atoms with van der Waals surface area (Å²) in [6.07, 6.45) is 2.00. The van der Waals surface area contributed by atoms with Gasteiger partial charge < -0.3 is 9.64 Å². The summed E-state index contributed by atoms with van der Waals surface area (Å²) in [6.45, 7) is 5.57. The van der Waals surface area contributed by atoms with Gasteiger partial charge in [-0.1, -0.05) is 18.2 Å². The van der Waals surface area contributed by atoms with Crippen molar-refractivity contribution in [2.45, 2.75) is 46.1 Å². The van der Waals surface area contributed by atoms with E-state index in [1.165, 1.54) is 0 Å². The van der Waals surface area contributed by atoms with Crippen molar-refractivity contribution in [1.29, 1.82) is 0 Å². The van der Waals surface area contributed by atoms with E-state index < -0.39 is 5.97 Å². The molecule has 2 heterocycles. The molecule has 6 nitrogen and oxygen atoms in total. The monoisotopic (exact) mass is 355 g/mol. The highest BCUT2D eigenvalue weighted by atomic mass is 16.5. The first-order valence-electron chi connectivity index (χ1n) is 8.93. The third-order valence-electron chi connectivity index (χ3n) is 5.13. The van der Waals surface area contributed by atoms with Crippen LogP contribution in [0.2, 0.25) is 0 Å². The third kappa shape index (κ3) is 3.49. The average Bonchev–Trinajstić information content (AvgIpc) is 2.85. The molecule has 2 aromatic rings. The summed E-state index contributed by atoms with van der Waals surface area (Å²) in [5, 5.41) is 4.30. The standard InChI is InChI=1S/C20H25N3O3/c1-13-9-10-16-7-5-6-8-18(16)23(13)19(24)12-26-20(25)11-17-14(2)21-22(4)15(17)3/h5-8,13H,9-12H2,1-4H3/t13-/m1/s1. The zero-order chi connectivity index (χ0) is 18.8. The van der Waals surface area contributed by atoms with Crippen LogP contribution in [0.15, 0.2) is 24.3 Å². The Balaban J connectivity index is 1.64. The van der Waals surface area contributed by atoms with Crippen LogP contribution in [0, 0.1) is 13.8 Å². The lowest BCUT2D eigenvalue weighted by atomic mass is 9.96. The van der Waals surface area contributed by atoms with E-state index in [9.17, 15) is 9.59 Å². The van der Waals surface area contributed by atoms with Crippen molar-refractivity contribution >= 4 is 17.6 Å². The van der Waals surface area contributed by atoms with Crippen LogP contribution in [0.4, 0.5) is 5.69 Å². The lowest BCUT2D eigenvalue weighted by Gasteiger charge is -2.35. The van der Waals surface area contributed by atoms with Gasteiger partial charge in [0.1, 0.15) is 0 Å². The van der Waals surface area contributed by atoms with Gasteiger partial charge in [-0.2, -0.15) is 5.10 Å². The molecule has 0 N–H and O–H groups in total. The minimum atomic E-state index is -0.407. The Morgan fingerprint density at radius 3 is 2.69 bits per heavy atom. The summed E-state index contributed by atoms with van der Waals surface area (Å²) in [4.78, 5) is 26.7. The average molecular weight is 355 g/mol. The van der Waals surface area contributed by atoms with Crippen LogP contribution < -0.4 is 4.90 Å². The van der Waals surface area contributed by atoms with Gasteiger partial charge in [0.15, 0.2) is 6.61 Å². The van der Waals surface area contributed by atoms with Crippen LogP contribution in [0.5, 0.6) is 0 Å². The number of carbonyl (C=O) groups is 2. The number of fused-ring (bicyclic) bond motifs is 1. The number of para-hydroxylation sites is 1. The number of aromatic nitrogens is 2. The summed E-state index contributed by atoms with van der Waals surface area (Å²) in [5.74, 6) is -0.590. The number of carbonyl (C=O) groups excluding carboxylic acids is 2. The zero-order valence-corrected chi connectivity index (χ0v) is 15.8. The van der Waals surface area contributed by atoms with Crippen molar-refractivity contribution in [1.82, 2.24) is 9.78 Å². The van der Waals surface area contributed by atoms with Gasteiger partial charge in [0.05, 0.1) is 12.1 Å². The van der Waals surface area contributed by atoms with Gasteiger partial charge in [-0.05, 0) is 45.2 Å². The number of hydrogen-bond donors (Lipinski definition) is 0. The van der Waals surface area contributed by atoms with Crippen LogP contribution in [0.1, 0.15) is 35.9 Å². The third-order valence-corrected chi connectivity index (χ3v) is 5.13. The molecule has 0 bridgehead atoms. The maximum absolute atomic E-state index is 12.7. The largest absolute Gasteiger partial charge is 0.455 e. The first kappa shape index (κ1) is 18.2. The SMILES string of the molecule is Cc1nn(C)c(C)c1CC(=O)OCC(=O)N1c2ccccc2CC[C@H]1C. The van der Waals surface area contributed by atoms with Gasteiger partial charge in [-0.15, -0.1) is 0 Å². The molecule has 6 heteroatoms. The molecular formula is C20H25N3O3. The molecule has 0 saturated carbocycles. The minimum absolute atomic E-state index is 0.0962. The predicted octanol–water partition coefficient (Wildman–Crippen LogP) is 2.49. The number of nitrogens with zero attached hydrogens (tertiary/aromatic N) is 3. The highest BCUT2D eigenvalue weighted by Gasteiger charge is 2.28. The number of hydrogen-bond acceptors (Lipinski definition) is 4. The number of benzene rings is 1. The molecule has 1 aliphatic rings. The molecule has 26 heavy (non-hydrogen) atoms. The second-order valence-electron chi connectivity index (χ2n) is 6.89. The lowest BCUT2D eigenvalue weighted by Crippen LogP contribution is -2.44. The Hall–Kier alpha value is -2.63. The molecule has 0 spiro atoms. The summed E-state index contributed by atoms with van der Waals surface area (Å²) < 4.78 is 7.02. The van der Waals surface area contributed by atoms with E-state index in [-0.39, 0.29) is 25.0 Å². The van der Waals surface area contributed by atoms with E-state index in [1.54, 1.807) is 9.58 Å². The fourth-order valence-corrected chi connectivity index (χ4v) is 3.55. The maximum Gasteiger partial charge on any atom is 0.310 e. The van der Waals surface area contributed by atoms with Gasteiger partial charge in [0.2, 0.25) is 0 Å². The number of rotatable bonds is 4.